The molecule has 5 nitrogen and oxygen atoms in total. The molecular formula is C26H25BrN2O3. The maximum Gasteiger partial charge on any atom is 0.251 e. The van der Waals surface area contributed by atoms with E-state index in [1.807, 2.05) is 55.6 Å². The zero-order valence-corrected chi connectivity index (χ0v) is 19.6. The summed E-state index contributed by atoms with van der Waals surface area (Å²) in [5.74, 6) is 1.19. The molecule has 0 unspecified atom stereocenters. The summed E-state index contributed by atoms with van der Waals surface area (Å²) >= 11 is 3.41. The van der Waals surface area contributed by atoms with Gasteiger partial charge in [0.2, 0.25) is 0 Å². The molecule has 2 N–H and O–H groups in total. The minimum atomic E-state index is -0.111. The van der Waals surface area contributed by atoms with Crippen LogP contribution in [0.2, 0.25) is 0 Å². The van der Waals surface area contributed by atoms with Crippen LogP contribution < -0.4 is 14.8 Å². The number of hydrogen-bond donors (Lipinski definition) is 2. The van der Waals surface area contributed by atoms with Crippen molar-refractivity contribution in [3.8, 4) is 11.5 Å². The van der Waals surface area contributed by atoms with Crippen LogP contribution >= 0.6 is 15.9 Å². The van der Waals surface area contributed by atoms with Crippen molar-refractivity contribution in [2.24, 2.45) is 0 Å². The fourth-order valence-corrected chi connectivity index (χ4v) is 4.13. The topological polar surface area (TPSA) is 63.3 Å². The fraction of sp³-hybridized carbons (Fsp3) is 0.192. The van der Waals surface area contributed by atoms with E-state index in [1.165, 1.54) is 0 Å². The number of halogens is 1. The molecule has 1 heterocycles. The van der Waals surface area contributed by atoms with Gasteiger partial charge in [0.05, 0.1) is 13.7 Å². The molecule has 1 amide bonds. The summed E-state index contributed by atoms with van der Waals surface area (Å²) in [5, 5.41) is 4.24. The lowest BCUT2D eigenvalue weighted by Crippen LogP contribution is -2.28. The fourth-order valence-electron chi connectivity index (χ4n) is 3.86. The van der Waals surface area contributed by atoms with Gasteiger partial charge in [0, 0.05) is 39.6 Å². The van der Waals surface area contributed by atoms with E-state index in [-0.39, 0.29) is 11.8 Å². The molecule has 1 aromatic heterocycles. The minimum absolute atomic E-state index is 0.0740. The molecule has 0 bridgehead atoms. The zero-order chi connectivity index (χ0) is 22.5. The van der Waals surface area contributed by atoms with Crippen LogP contribution in [-0.4, -0.2) is 31.2 Å². The highest BCUT2D eigenvalue weighted by Gasteiger charge is 2.21. The van der Waals surface area contributed by atoms with Crippen molar-refractivity contribution < 1.29 is 14.3 Å². The number of carbonyl (C=O) groups excluding carboxylic acids is 1. The van der Waals surface area contributed by atoms with Gasteiger partial charge in [-0.3, -0.25) is 4.79 Å². The monoisotopic (exact) mass is 492 g/mol. The van der Waals surface area contributed by atoms with Gasteiger partial charge in [0.15, 0.2) is 11.5 Å². The van der Waals surface area contributed by atoms with E-state index in [2.05, 4.69) is 38.4 Å². The molecule has 0 aliphatic rings. The Hall–Kier alpha value is -3.25. The standard InChI is InChI=1S/C26H25BrN2O3/c1-3-32-24-13-10-18(14-25(24)31-2)21(22-16-28-23-7-5-4-6-20(22)23)15-29-26(30)17-8-11-19(27)12-9-17/h4-14,16,21,28H,3,15H2,1-2H3,(H,29,30)/t21-/m0/s1. The summed E-state index contributed by atoms with van der Waals surface area (Å²) in [4.78, 5) is 16.2. The maximum atomic E-state index is 12.8. The number of fused-ring (bicyclic) bond motifs is 1. The van der Waals surface area contributed by atoms with Crippen molar-refractivity contribution in [3.05, 3.63) is 94.1 Å². The lowest BCUT2D eigenvalue weighted by molar-refractivity contribution is 0.0952. The van der Waals surface area contributed by atoms with Crippen LogP contribution in [0.25, 0.3) is 10.9 Å². The Morgan fingerprint density at radius 1 is 1.06 bits per heavy atom. The first-order chi connectivity index (χ1) is 15.6. The summed E-state index contributed by atoms with van der Waals surface area (Å²) in [6.45, 7) is 2.94. The average molecular weight is 493 g/mol. The number of methoxy groups -OCH3 is 1. The van der Waals surface area contributed by atoms with Crippen LogP contribution in [0.15, 0.2) is 77.4 Å². The van der Waals surface area contributed by atoms with Gasteiger partial charge in [-0.2, -0.15) is 0 Å². The van der Waals surface area contributed by atoms with Crippen LogP contribution in [0.1, 0.15) is 34.3 Å². The number of carbonyl (C=O) groups is 1. The third-order valence-corrected chi connectivity index (χ3v) is 5.99. The van der Waals surface area contributed by atoms with Crippen LogP contribution in [-0.2, 0) is 0 Å². The Kier molecular flexibility index (Phi) is 6.81. The van der Waals surface area contributed by atoms with Crippen LogP contribution in [0.3, 0.4) is 0 Å². The minimum Gasteiger partial charge on any atom is -0.493 e. The Bertz CT molecular complexity index is 1220. The zero-order valence-electron chi connectivity index (χ0n) is 18.0. The predicted molar refractivity (Wildman–Crippen MR) is 131 cm³/mol. The van der Waals surface area contributed by atoms with Gasteiger partial charge in [-0.05, 0) is 60.5 Å². The molecule has 0 saturated carbocycles. The molecular weight excluding hydrogens is 468 g/mol. The molecule has 0 fully saturated rings. The van der Waals surface area contributed by atoms with Crippen molar-refractivity contribution in [1.82, 2.24) is 10.3 Å². The molecule has 32 heavy (non-hydrogen) atoms. The first-order valence-corrected chi connectivity index (χ1v) is 11.3. The highest BCUT2D eigenvalue weighted by Crippen LogP contribution is 2.36. The summed E-state index contributed by atoms with van der Waals surface area (Å²) in [5.41, 5.74) is 3.83. The molecule has 3 aromatic carbocycles. The Morgan fingerprint density at radius 2 is 1.84 bits per heavy atom. The number of amides is 1. The highest BCUT2D eigenvalue weighted by atomic mass is 79.9. The van der Waals surface area contributed by atoms with Gasteiger partial charge in [-0.25, -0.2) is 0 Å². The average Bonchev–Trinajstić information content (AvgIpc) is 3.24. The van der Waals surface area contributed by atoms with E-state index in [9.17, 15) is 4.79 Å². The van der Waals surface area contributed by atoms with Crippen LogP contribution in [0, 0.1) is 0 Å². The summed E-state index contributed by atoms with van der Waals surface area (Å²) in [6, 6.07) is 21.5. The van der Waals surface area contributed by atoms with E-state index >= 15 is 0 Å². The lowest BCUT2D eigenvalue weighted by atomic mass is 9.90. The predicted octanol–water partition coefficient (Wildman–Crippen LogP) is 5.90. The summed E-state index contributed by atoms with van der Waals surface area (Å²) in [7, 11) is 1.64. The first kappa shape index (κ1) is 22.0. The number of ether oxygens (including phenoxy) is 2. The van der Waals surface area contributed by atoms with Crippen molar-refractivity contribution >= 4 is 32.7 Å². The summed E-state index contributed by atoms with van der Waals surface area (Å²) < 4.78 is 12.2. The van der Waals surface area contributed by atoms with Crippen LogP contribution in [0.4, 0.5) is 0 Å². The number of hydrogen-bond acceptors (Lipinski definition) is 3. The number of nitrogens with one attached hydrogen (secondary N) is 2. The molecule has 0 aliphatic carbocycles. The molecule has 0 saturated heterocycles. The molecule has 4 rings (SSSR count). The van der Waals surface area contributed by atoms with E-state index in [0.717, 1.165) is 26.5 Å². The number of benzene rings is 3. The molecule has 164 valence electrons. The Balaban J connectivity index is 1.69. The van der Waals surface area contributed by atoms with Crippen molar-refractivity contribution in [2.75, 3.05) is 20.3 Å². The third-order valence-electron chi connectivity index (χ3n) is 5.46. The molecule has 1 atom stereocenters. The maximum absolute atomic E-state index is 12.8. The second kappa shape index (κ2) is 9.92. The van der Waals surface area contributed by atoms with E-state index in [0.29, 0.717) is 30.2 Å². The lowest BCUT2D eigenvalue weighted by Gasteiger charge is -2.20. The molecule has 0 radical (unpaired) electrons. The van der Waals surface area contributed by atoms with Crippen molar-refractivity contribution in [2.45, 2.75) is 12.8 Å². The highest BCUT2D eigenvalue weighted by molar-refractivity contribution is 9.10. The second-order valence-corrected chi connectivity index (χ2v) is 8.32. The van der Waals surface area contributed by atoms with Crippen molar-refractivity contribution in [1.29, 1.82) is 0 Å². The quantitative estimate of drug-likeness (QED) is 0.321. The smallest absolute Gasteiger partial charge is 0.251 e. The first-order valence-electron chi connectivity index (χ1n) is 10.5. The van der Waals surface area contributed by atoms with Gasteiger partial charge >= 0.3 is 0 Å². The third kappa shape index (κ3) is 4.65. The SMILES string of the molecule is CCOc1ccc([C@H](CNC(=O)c2ccc(Br)cc2)c2c[nH]c3ccccc23)cc1OC. The molecule has 6 heteroatoms. The largest absolute Gasteiger partial charge is 0.493 e. The summed E-state index contributed by atoms with van der Waals surface area (Å²) in [6.07, 6.45) is 2.02. The number of aromatic nitrogens is 1. The second-order valence-electron chi connectivity index (χ2n) is 7.40. The number of H-pyrrole nitrogens is 1. The number of para-hydroxylation sites is 1. The van der Waals surface area contributed by atoms with Gasteiger partial charge in [0.1, 0.15) is 0 Å². The van der Waals surface area contributed by atoms with Crippen molar-refractivity contribution in [3.63, 3.8) is 0 Å². The van der Waals surface area contributed by atoms with Gasteiger partial charge < -0.3 is 19.8 Å². The number of aromatic amines is 1. The molecule has 0 spiro atoms. The van der Waals surface area contributed by atoms with E-state index in [4.69, 9.17) is 9.47 Å². The Morgan fingerprint density at radius 3 is 2.59 bits per heavy atom. The van der Waals surface area contributed by atoms with Crippen LogP contribution in [0.5, 0.6) is 11.5 Å². The van der Waals surface area contributed by atoms with Gasteiger partial charge in [-0.1, -0.05) is 40.2 Å². The van der Waals surface area contributed by atoms with Gasteiger partial charge in [-0.15, -0.1) is 0 Å². The van der Waals surface area contributed by atoms with E-state index < -0.39 is 0 Å². The Labute approximate surface area is 195 Å². The van der Waals surface area contributed by atoms with E-state index in [1.54, 1.807) is 19.2 Å². The molecule has 0 aliphatic heterocycles. The molecule has 4 aromatic rings. The normalized spacial score (nSPS) is 11.8. The number of rotatable bonds is 8. The van der Waals surface area contributed by atoms with Gasteiger partial charge in [0.25, 0.3) is 5.91 Å².